The molecule has 2 atom stereocenters. The van der Waals surface area contributed by atoms with Gasteiger partial charge >= 0.3 is 5.97 Å². The topological polar surface area (TPSA) is 82.1 Å². The summed E-state index contributed by atoms with van der Waals surface area (Å²) < 4.78 is 15.2. The van der Waals surface area contributed by atoms with Crippen LogP contribution in [0.15, 0.2) is 11.3 Å². The quantitative estimate of drug-likeness (QED) is 0.661. The molecule has 2 aliphatic heterocycles. The van der Waals surface area contributed by atoms with E-state index in [1.54, 1.807) is 0 Å². The molecule has 6 nitrogen and oxygen atoms in total. The number of methoxy groups -OCH3 is 1. The first-order valence-electron chi connectivity index (χ1n) is 5.19. The lowest BCUT2D eigenvalue weighted by Gasteiger charge is -2.31. The number of ether oxygens (including phenoxy) is 3. The second-order valence-electron chi connectivity index (χ2n) is 4.26. The van der Waals surface area contributed by atoms with Gasteiger partial charge in [0.1, 0.15) is 12.4 Å². The van der Waals surface area contributed by atoms with Crippen molar-refractivity contribution in [3.05, 3.63) is 11.3 Å². The SMILES string of the molecule is COC(=O)C12COCC1(O)C(C(C)=O)=C(C)O2. The predicted molar refractivity (Wildman–Crippen MR) is 55.0 cm³/mol. The summed E-state index contributed by atoms with van der Waals surface area (Å²) in [4.78, 5) is 23.4. The van der Waals surface area contributed by atoms with E-state index >= 15 is 0 Å². The second-order valence-corrected chi connectivity index (χ2v) is 4.26. The first-order chi connectivity index (χ1) is 7.89. The molecule has 1 N–H and O–H groups in total. The highest BCUT2D eigenvalue weighted by Gasteiger charge is 2.70. The van der Waals surface area contributed by atoms with Gasteiger partial charge in [0.05, 0.1) is 19.3 Å². The van der Waals surface area contributed by atoms with Gasteiger partial charge < -0.3 is 19.3 Å². The molecule has 1 saturated heterocycles. The van der Waals surface area contributed by atoms with E-state index < -0.39 is 17.2 Å². The lowest BCUT2D eigenvalue weighted by atomic mass is 9.80. The molecule has 0 spiro atoms. The summed E-state index contributed by atoms with van der Waals surface area (Å²) in [7, 11) is 1.19. The monoisotopic (exact) mass is 242 g/mol. The molecule has 0 aromatic carbocycles. The third-order valence-electron chi connectivity index (χ3n) is 3.24. The summed E-state index contributed by atoms with van der Waals surface area (Å²) in [6, 6.07) is 0. The minimum atomic E-state index is -1.75. The van der Waals surface area contributed by atoms with Crippen molar-refractivity contribution in [1.82, 2.24) is 0 Å². The van der Waals surface area contributed by atoms with Crippen molar-refractivity contribution >= 4 is 11.8 Å². The minimum Gasteiger partial charge on any atom is -0.474 e. The molecule has 0 aliphatic carbocycles. The van der Waals surface area contributed by atoms with Crippen LogP contribution in [0.3, 0.4) is 0 Å². The Morgan fingerprint density at radius 2 is 2.06 bits per heavy atom. The summed E-state index contributed by atoms with van der Waals surface area (Å²) in [6.45, 7) is 2.56. The molecule has 2 rings (SSSR count). The molecule has 1 fully saturated rings. The van der Waals surface area contributed by atoms with E-state index in [0.29, 0.717) is 0 Å². The molecule has 0 amide bonds. The Morgan fingerprint density at radius 1 is 1.41 bits per heavy atom. The number of hydrogen-bond acceptors (Lipinski definition) is 6. The number of allylic oxidation sites excluding steroid dienone is 1. The third-order valence-corrected chi connectivity index (χ3v) is 3.24. The van der Waals surface area contributed by atoms with Gasteiger partial charge in [0.25, 0.3) is 5.60 Å². The van der Waals surface area contributed by atoms with Crippen LogP contribution in [0.25, 0.3) is 0 Å². The van der Waals surface area contributed by atoms with E-state index in [4.69, 9.17) is 9.47 Å². The summed E-state index contributed by atoms with van der Waals surface area (Å²) in [5.41, 5.74) is -3.32. The van der Waals surface area contributed by atoms with Gasteiger partial charge in [-0.3, -0.25) is 4.79 Å². The van der Waals surface area contributed by atoms with Crippen LogP contribution in [0.2, 0.25) is 0 Å². The van der Waals surface area contributed by atoms with Gasteiger partial charge in [-0.2, -0.15) is 0 Å². The Morgan fingerprint density at radius 3 is 2.59 bits per heavy atom. The normalized spacial score (nSPS) is 35.5. The molecule has 0 aromatic heterocycles. The number of Topliss-reactive ketones (excluding diaryl/α,β-unsaturated/α-hetero) is 1. The van der Waals surface area contributed by atoms with Crippen LogP contribution in [-0.4, -0.2) is 48.4 Å². The fourth-order valence-corrected chi connectivity index (χ4v) is 2.54. The highest BCUT2D eigenvalue weighted by Crippen LogP contribution is 2.47. The Bertz CT molecular complexity index is 426. The molecule has 0 bridgehead atoms. The molecular formula is C11H14O6. The summed E-state index contributed by atoms with van der Waals surface area (Å²) in [5, 5.41) is 10.6. The van der Waals surface area contributed by atoms with Gasteiger partial charge in [-0.15, -0.1) is 0 Å². The van der Waals surface area contributed by atoms with E-state index in [-0.39, 0.29) is 30.3 Å². The van der Waals surface area contributed by atoms with E-state index in [2.05, 4.69) is 4.74 Å². The van der Waals surface area contributed by atoms with Gasteiger partial charge in [-0.05, 0) is 13.8 Å². The molecule has 0 saturated carbocycles. The zero-order valence-corrected chi connectivity index (χ0v) is 9.90. The van der Waals surface area contributed by atoms with Crippen LogP contribution in [0, 0.1) is 0 Å². The number of esters is 1. The Labute approximate surface area is 98.1 Å². The van der Waals surface area contributed by atoms with Crippen molar-refractivity contribution < 1.29 is 28.9 Å². The van der Waals surface area contributed by atoms with Crippen molar-refractivity contribution in [2.75, 3.05) is 20.3 Å². The van der Waals surface area contributed by atoms with Crippen LogP contribution < -0.4 is 0 Å². The summed E-state index contributed by atoms with van der Waals surface area (Å²) in [6.07, 6.45) is 0. The standard InChI is InChI=1S/C11H14O6/c1-6(12)8-7(2)17-11(9(13)15-3)5-16-4-10(8,11)14/h14H,4-5H2,1-3H3. The lowest BCUT2D eigenvalue weighted by Crippen LogP contribution is -2.58. The maximum Gasteiger partial charge on any atom is 0.356 e. The molecule has 0 aromatic rings. The van der Waals surface area contributed by atoms with Crippen molar-refractivity contribution in [3.63, 3.8) is 0 Å². The number of carbonyl (C=O) groups is 2. The van der Waals surface area contributed by atoms with Crippen molar-refractivity contribution in [3.8, 4) is 0 Å². The van der Waals surface area contributed by atoms with Crippen molar-refractivity contribution in [1.29, 1.82) is 0 Å². The van der Waals surface area contributed by atoms with Gasteiger partial charge in [0.15, 0.2) is 11.4 Å². The first-order valence-corrected chi connectivity index (χ1v) is 5.19. The fourth-order valence-electron chi connectivity index (χ4n) is 2.54. The molecule has 2 aliphatic rings. The summed E-state index contributed by atoms with van der Waals surface area (Å²) >= 11 is 0. The molecule has 94 valence electrons. The van der Waals surface area contributed by atoms with Crippen LogP contribution in [-0.2, 0) is 23.8 Å². The molecule has 2 heterocycles. The van der Waals surface area contributed by atoms with Gasteiger partial charge in [0.2, 0.25) is 0 Å². The zero-order valence-electron chi connectivity index (χ0n) is 9.90. The first kappa shape index (κ1) is 12.1. The highest BCUT2D eigenvalue weighted by molar-refractivity contribution is 6.00. The van der Waals surface area contributed by atoms with Crippen molar-refractivity contribution in [2.24, 2.45) is 0 Å². The molecule has 17 heavy (non-hydrogen) atoms. The smallest absolute Gasteiger partial charge is 0.356 e. The van der Waals surface area contributed by atoms with Crippen LogP contribution in [0.4, 0.5) is 0 Å². The Hall–Kier alpha value is -1.40. The van der Waals surface area contributed by atoms with Crippen LogP contribution >= 0.6 is 0 Å². The zero-order chi connectivity index (χ0) is 12.8. The van der Waals surface area contributed by atoms with Gasteiger partial charge in [-0.25, -0.2) is 4.79 Å². The van der Waals surface area contributed by atoms with Crippen LogP contribution in [0.5, 0.6) is 0 Å². The molecular weight excluding hydrogens is 228 g/mol. The largest absolute Gasteiger partial charge is 0.474 e. The van der Waals surface area contributed by atoms with E-state index in [9.17, 15) is 14.7 Å². The summed E-state index contributed by atoms with van der Waals surface area (Å²) in [5.74, 6) is -0.844. The van der Waals surface area contributed by atoms with Crippen LogP contribution in [0.1, 0.15) is 13.8 Å². The third kappa shape index (κ3) is 1.28. The average molecular weight is 242 g/mol. The maximum atomic E-state index is 11.8. The molecule has 2 unspecified atom stereocenters. The highest BCUT2D eigenvalue weighted by atomic mass is 16.6. The van der Waals surface area contributed by atoms with E-state index in [0.717, 1.165) is 0 Å². The number of ketones is 1. The number of carbonyl (C=O) groups excluding carboxylic acids is 2. The second kappa shape index (κ2) is 3.54. The number of rotatable bonds is 2. The lowest BCUT2D eigenvalue weighted by molar-refractivity contribution is -0.175. The average Bonchev–Trinajstić information content (AvgIpc) is 2.65. The molecule has 6 heteroatoms. The maximum absolute atomic E-state index is 11.8. The van der Waals surface area contributed by atoms with E-state index in [1.165, 1.54) is 21.0 Å². The van der Waals surface area contributed by atoms with Gasteiger partial charge in [0, 0.05) is 0 Å². The van der Waals surface area contributed by atoms with E-state index in [1.807, 2.05) is 0 Å². The fraction of sp³-hybridized carbons (Fsp3) is 0.636. The Balaban J connectivity index is 2.54. The van der Waals surface area contributed by atoms with Gasteiger partial charge in [-0.1, -0.05) is 0 Å². The Kier molecular flexibility index (Phi) is 2.52. The predicted octanol–water partition coefficient (Wildman–Crippen LogP) is -0.447. The molecule has 0 radical (unpaired) electrons. The number of hydrogen-bond donors (Lipinski definition) is 1. The minimum absolute atomic E-state index is 0.0837. The number of aliphatic hydroxyl groups is 1. The number of fused-ring (bicyclic) bond motifs is 1. The van der Waals surface area contributed by atoms with Crippen molar-refractivity contribution in [2.45, 2.75) is 25.0 Å².